The summed E-state index contributed by atoms with van der Waals surface area (Å²) in [4.78, 5) is 1.26. The van der Waals surface area contributed by atoms with E-state index in [1.807, 2.05) is 6.92 Å². The van der Waals surface area contributed by atoms with E-state index in [1.54, 1.807) is 0 Å². The van der Waals surface area contributed by atoms with Crippen LogP contribution < -0.4 is 5.32 Å². The minimum Gasteiger partial charge on any atom is -0.309 e. The van der Waals surface area contributed by atoms with Crippen LogP contribution in [0, 0.1) is 13.8 Å². The summed E-state index contributed by atoms with van der Waals surface area (Å²) in [6.07, 6.45) is 2.13. The SMILES string of the molecule is CCCNC(Cc1ccccc1C)c1snnc1C. The molecule has 1 unspecified atom stereocenters. The molecule has 0 spiro atoms. The van der Waals surface area contributed by atoms with Crippen LogP contribution in [0.2, 0.25) is 0 Å². The van der Waals surface area contributed by atoms with Crippen LogP contribution in [0.25, 0.3) is 0 Å². The first-order valence-electron chi connectivity index (χ1n) is 6.79. The largest absolute Gasteiger partial charge is 0.309 e. The Morgan fingerprint density at radius 3 is 2.68 bits per heavy atom. The summed E-state index contributed by atoms with van der Waals surface area (Å²) in [5.74, 6) is 0. The fourth-order valence-corrected chi connectivity index (χ4v) is 2.91. The molecule has 19 heavy (non-hydrogen) atoms. The lowest BCUT2D eigenvalue weighted by Crippen LogP contribution is -2.24. The van der Waals surface area contributed by atoms with E-state index in [1.165, 1.54) is 27.5 Å². The number of hydrogen-bond acceptors (Lipinski definition) is 4. The second-order valence-corrected chi connectivity index (χ2v) is 5.65. The highest BCUT2D eigenvalue weighted by Crippen LogP contribution is 2.24. The molecule has 0 radical (unpaired) electrons. The zero-order valence-corrected chi connectivity index (χ0v) is 12.6. The minimum atomic E-state index is 0.320. The van der Waals surface area contributed by atoms with E-state index >= 15 is 0 Å². The number of aryl methyl sites for hydroxylation is 2. The molecule has 1 atom stereocenters. The van der Waals surface area contributed by atoms with Crippen molar-refractivity contribution in [1.82, 2.24) is 14.9 Å². The summed E-state index contributed by atoms with van der Waals surface area (Å²) in [5.41, 5.74) is 3.79. The zero-order valence-electron chi connectivity index (χ0n) is 11.8. The van der Waals surface area contributed by atoms with Gasteiger partial charge in [0.15, 0.2) is 0 Å². The maximum absolute atomic E-state index is 4.14. The van der Waals surface area contributed by atoms with Crippen LogP contribution in [-0.4, -0.2) is 16.1 Å². The molecule has 2 aromatic rings. The van der Waals surface area contributed by atoms with Crippen molar-refractivity contribution in [2.45, 2.75) is 39.7 Å². The Balaban J connectivity index is 2.19. The van der Waals surface area contributed by atoms with E-state index in [9.17, 15) is 0 Å². The van der Waals surface area contributed by atoms with Gasteiger partial charge in [0, 0.05) is 6.04 Å². The molecule has 2 rings (SSSR count). The van der Waals surface area contributed by atoms with Gasteiger partial charge in [-0.15, -0.1) is 5.10 Å². The van der Waals surface area contributed by atoms with Crippen LogP contribution in [0.15, 0.2) is 24.3 Å². The molecule has 0 saturated heterocycles. The van der Waals surface area contributed by atoms with E-state index in [4.69, 9.17) is 0 Å². The third-order valence-corrected chi connectivity index (χ3v) is 4.27. The highest BCUT2D eigenvalue weighted by atomic mass is 32.1. The van der Waals surface area contributed by atoms with E-state index < -0.39 is 0 Å². The van der Waals surface area contributed by atoms with Gasteiger partial charge >= 0.3 is 0 Å². The maximum atomic E-state index is 4.14. The molecule has 0 bridgehead atoms. The highest BCUT2D eigenvalue weighted by molar-refractivity contribution is 7.05. The van der Waals surface area contributed by atoms with Crippen molar-refractivity contribution in [2.24, 2.45) is 0 Å². The molecule has 102 valence electrons. The lowest BCUT2D eigenvalue weighted by atomic mass is 9.99. The Bertz CT molecular complexity index is 522. The van der Waals surface area contributed by atoms with Gasteiger partial charge in [0.25, 0.3) is 0 Å². The van der Waals surface area contributed by atoms with Crippen LogP contribution in [0.3, 0.4) is 0 Å². The van der Waals surface area contributed by atoms with Crippen LogP contribution in [0.4, 0.5) is 0 Å². The quantitative estimate of drug-likeness (QED) is 0.877. The molecule has 1 aromatic heterocycles. The summed E-state index contributed by atoms with van der Waals surface area (Å²) < 4.78 is 4.07. The first kappa shape index (κ1) is 14.2. The Hall–Kier alpha value is -1.26. The molecule has 0 saturated carbocycles. The van der Waals surface area contributed by atoms with Crippen LogP contribution in [0.1, 0.15) is 41.1 Å². The Kier molecular flexibility index (Phi) is 5.05. The van der Waals surface area contributed by atoms with Crippen LogP contribution in [-0.2, 0) is 6.42 Å². The van der Waals surface area contributed by atoms with Gasteiger partial charge in [-0.25, -0.2) is 0 Å². The summed E-state index contributed by atoms with van der Waals surface area (Å²) >= 11 is 1.51. The molecule has 4 heteroatoms. The smallest absolute Gasteiger partial charge is 0.0772 e. The number of nitrogens with one attached hydrogen (secondary N) is 1. The summed E-state index contributed by atoms with van der Waals surface area (Å²) in [6.45, 7) is 7.42. The normalized spacial score (nSPS) is 12.6. The molecule has 0 aliphatic heterocycles. The van der Waals surface area contributed by atoms with E-state index in [0.717, 1.165) is 25.1 Å². The van der Waals surface area contributed by atoms with Gasteiger partial charge < -0.3 is 5.32 Å². The second kappa shape index (κ2) is 6.78. The second-order valence-electron chi connectivity index (χ2n) is 4.86. The van der Waals surface area contributed by atoms with E-state index in [-0.39, 0.29) is 0 Å². The molecule has 0 aliphatic rings. The predicted octanol–water partition coefficient (Wildman–Crippen LogP) is 3.44. The number of aromatic nitrogens is 2. The van der Waals surface area contributed by atoms with Crippen molar-refractivity contribution in [3.63, 3.8) is 0 Å². The van der Waals surface area contributed by atoms with Crippen LogP contribution in [0.5, 0.6) is 0 Å². The topological polar surface area (TPSA) is 37.8 Å². The molecular weight excluding hydrogens is 254 g/mol. The van der Waals surface area contributed by atoms with Crippen molar-refractivity contribution in [3.05, 3.63) is 46.0 Å². The first-order chi connectivity index (χ1) is 9.22. The van der Waals surface area contributed by atoms with Gasteiger partial charge in [-0.05, 0) is 55.9 Å². The number of rotatable bonds is 6. The average Bonchev–Trinajstić information content (AvgIpc) is 2.83. The first-order valence-corrected chi connectivity index (χ1v) is 7.56. The van der Waals surface area contributed by atoms with Crippen molar-refractivity contribution < 1.29 is 0 Å². The van der Waals surface area contributed by atoms with Gasteiger partial charge in [0.1, 0.15) is 0 Å². The zero-order chi connectivity index (χ0) is 13.7. The van der Waals surface area contributed by atoms with Gasteiger partial charge in [-0.3, -0.25) is 0 Å². The lowest BCUT2D eigenvalue weighted by Gasteiger charge is -2.18. The minimum absolute atomic E-state index is 0.320. The molecule has 3 nitrogen and oxygen atoms in total. The summed E-state index contributed by atoms with van der Waals surface area (Å²) in [5, 5.41) is 7.76. The molecule has 1 N–H and O–H groups in total. The van der Waals surface area contributed by atoms with Gasteiger partial charge in [0.2, 0.25) is 0 Å². The highest BCUT2D eigenvalue weighted by Gasteiger charge is 2.17. The fraction of sp³-hybridized carbons (Fsp3) is 0.467. The van der Waals surface area contributed by atoms with Crippen LogP contribution >= 0.6 is 11.5 Å². The standard InChI is InChI=1S/C15H21N3S/c1-4-9-16-14(15-12(3)17-18-19-15)10-13-8-6-5-7-11(13)2/h5-8,14,16H,4,9-10H2,1-3H3. The molecular formula is C15H21N3S. The Labute approximate surface area is 119 Å². The molecule has 0 aliphatic carbocycles. The van der Waals surface area contributed by atoms with Crippen molar-refractivity contribution in [3.8, 4) is 0 Å². The molecule has 0 fully saturated rings. The van der Waals surface area contributed by atoms with Crippen molar-refractivity contribution >= 4 is 11.5 Å². The van der Waals surface area contributed by atoms with E-state index in [2.05, 4.69) is 53.0 Å². The van der Waals surface area contributed by atoms with Crippen molar-refractivity contribution in [1.29, 1.82) is 0 Å². The van der Waals surface area contributed by atoms with Gasteiger partial charge in [0.05, 0.1) is 10.6 Å². The Morgan fingerprint density at radius 1 is 1.26 bits per heavy atom. The third-order valence-electron chi connectivity index (χ3n) is 3.33. The monoisotopic (exact) mass is 275 g/mol. The maximum Gasteiger partial charge on any atom is 0.0772 e. The summed E-state index contributed by atoms with van der Waals surface area (Å²) in [6, 6.07) is 8.90. The van der Waals surface area contributed by atoms with Gasteiger partial charge in [-0.2, -0.15) is 0 Å². The molecule has 1 aromatic carbocycles. The number of benzene rings is 1. The molecule has 0 amide bonds. The average molecular weight is 275 g/mol. The molecule has 1 heterocycles. The van der Waals surface area contributed by atoms with Crippen molar-refractivity contribution in [2.75, 3.05) is 6.54 Å². The number of nitrogens with zero attached hydrogens (tertiary/aromatic N) is 2. The third kappa shape index (κ3) is 3.61. The van der Waals surface area contributed by atoms with E-state index in [0.29, 0.717) is 6.04 Å². The Morgan fingerprint density at radius 2 is 2.05 bits per heavy atom. The fourth-order valence-electron chi connectivity index (χ4n) is 2.19. The lowest BCUT2D eigenvalue weighted by molar-refractivity contribution is 0.533. The summed E-state index contributed by atoms with van der Waals surface area (Å²) in [7, 11) is 0. The van der Waals surface area contributed by atoms with Gasteiger partial charge in [-0.1, -0.05) is 35.7 Å². The predicted molar refractivity (Wildman–Crippen MR) is 80.6 cm³/mol. The number of hydrogen-bond donors (Lipinski definition) is 1.